The Hall–Kier alpha value is -3.75. The summed E-state index contributed by atoms with van der Waals surface area (Å²) in [5, 5.41) is 25.8. The number of aromatic hydroxyl groups is 1. The Bertz CT molecular complexity index is 1210. The number of nitrogens with one attached hydrogen (secondary N) is 1. The molecule has 2 aliphatic rings. The van der Waals surface area contributed by atoms with E-state index in [4.69, 9.17) is 0 Å². The number of aromatic nitrogens is 4. The van der Waals surface area contributed by atoms with Gasteiger partial charge in [-0.25, -0.2) is 0 Å². The topological polar surface area (TPSA) is 113 Å². The second kappa shape index (κ2) is 11.1. The van der Waals surface area contributed by atoms with Gasteiger partial charge in [0.15, 0.2) is 0 Å². The van der Waals surface area contributed by atoms with E-state index in [2.05, 4.69) is 20.7 Å². The quantitative estimate of drug-likeness (QED) is 0.483. The number of benzene rings is 2. The molecule has 2 amide bonds. The molecule has 0 aliphatic heterocycles. The number of rotatable bonds is 8. The van der Waals surface area contributed by atoms with Crippen LogP contribution in [-0.4, -0.2) is 54.1 Å². The highest BCUT2D eigenvalue weighted by Gasteiger charge is 2.38. The largest absolute Gasteiger partial charge is 0.508 e. The minimum Gasteiger partial charge on any atom is -0.508 e. The van der Waals surface area contributed by atoms with Crippen LogP contribution in [0, 0.1) is 6.92 Å². The van der Waals surface area contributed by atoms with Crippen LogP contribution in [0.4, 0.5) is 0 Å². The van der Waals surface area contributed by atoms with Crippen molar-refractivity contribution in [2.45, 2.75) is 83.0 Å². The van der Waals surface area contributed by atoms with Crippen molar-refractivity contribution in [3.8, 4) is 17.1 Å². The number of hydrogen-bond acceptors (Lipinski definition) is 6. The summed E-state index contributed by atoms with van der Waals surface area (Å²) in [4.78, 5) is 30.7. The van der Waals surface area contributed by atoms with Crippen molar-refractivity contribution in [1.82, 2.24) is 30.4 Å². The number of carbonyl (C=O) groups excluding carboxylic acids is 2. The summed E-state index contributed by atoms with van der Waals surface area (Å²) in [6.45, 7) is 1.90. The maximum Gasteiger partial charge on any atom is 0.247 e. The van der Waals surface area contributed by atoms with Crippen LogP contribution in [-0.2, 0) is 16.1 Å². The number of carbonyl (C=O) groups is 2. The lowest BCUT2D eigenvalue weighted by atomic mass is 10.00. The molecule has 9 heteroatoms. The van der Waals surface area contributed by atoms with Crippen LogP contribution in [0.3, 0.4) is 0 Å². The third kappa shape index (κ3) is 5.81. The lowest BCUT2D eigenvalue weighted by Gasteiger charge is -2.36. The highest BCUT2D eigenvalue weighted by atomic mass is 16.3. The Morgan fingerprint density at radius 3 is 2.32 bits per heavy atom. The molecular formula is C28H34N6O3. The maximum absolute atomic E-state index is 13.9. The van der Waals surface area contributed by atoms with Crippen LogP contribution in [0.5, 0.6) is 5.75 Å². The highest BCUT2D eigenvalue weighted by Crippen LogP contribution is 2.33. The fourth-order valence-electron chi connectivity index (χ4n) is 5.52. The van der Waals surface area contributed by atoms with E-state index in [0.717, 1.165) is 62.5 Å². The lowest BCUT2D eigenvalue weighted by molar-refractivity contribution is -0.144. The highest BCUT2D eigenvalue weighted by molar-refractivity contribution is 5.89. The number of phenolic OH excluding ortho intramolecular Hbond substituents is 1. The van der Waals surface area contributed by atoms with Gasteiger partial charge < -0.3 is 15.3 Å². The van der Waals surface area contributed by atoms with E-state index >= 15 is 0 Å². The Morgan fingerprint density at radius 2 is 1.65 bits per heavy atom. The van der Waals surface area contributed by atoms with Crippen LogP contribution in [0.25, 0.3) is 11.4 Å². The monoisotopic (exact) mass is 502 g/mol. The van der Waals surface area contributed by atoms with Crippen LogP contribution in [0.2, 0.25) is 0 Å². The number of nitrogens with zero attached hydrogens (tertiary/aromatic N) is 5. The van der Waals surface area contributed by atoms with Crippen LogP contribution in [0.15, 0.2) is 48.5 Å². The molecule has 2 N–H and O–H groups in total. The molecule has 2 aliphatic carbocycles. The molecule has 0 radical (unpaired) electrons. The van der Waals surface area contributed by atoms with Crippen molar-refractivity contribution in [3.05, 3.63) is 59.7 Å². The molecule has 9 nitrogen and oxygen atoms in total. The summed E-state index contributed by atoms with van der Waals surface area (Å²) in [5.41, 5.74) is 2.64. The maximum atomic E-state index is 13.9. The van der Waals surface area contributed by atoms with Crippen molar-refractivity contribution < 1.29 is 14.7 Å². The van der Waals surface area contributed by atoms with Gasteiger partial charge in [-0.1, -0.05) is 67.6 Å². The number of amides is 2. The van der Waals surface area contributed by atoms with Crippen molar-refractivity contribution in [2.24, 2.45) is 0 Å². The first-order chi connectivity index (χ1) is 18.0. The number of aryl methyl sites for hydroxylation is 1. The van der Waals surface area contributed by atoms with Crippen LogP contribution >= 0.6 is 0 Å². The summed E-state index contributed by atoms with van der Waals surface area (Å²) in [6, 6.07) is 13.7. The summed E-state index contributed by atoms with van der Waals surface area (Å²) in [6.07, 6.45) is 7.82. The number of hydrogen-bond donors (Lipinski definition) is 2. The Morgan fingerprint density at radius 1 is 1.00 bits per heavy atom. The predicted molar refractivity (Wildman–Crippen MR) is 138 cm³/mol. The molecule has 2 fully saturated rings. The molecule has 0 saturated heterocycles. The van der Waals surface area contributed by atoms with E-state index in [0.29, 0.717) is 11.4 Å². The van der Waals surface area contributed by atoms with Crippen molar-refractivity contribution >= 4 is 11.8 Å². The molecule has 0 bridgehead atoms. The molecule has 5 rings (SSSR count). The molecule has 194 valence electrons. The van der Waals surface area contributed by atoms with Gasteiger partial charge in [0, 0.05) is 17.6 Å². The van der Waals surface area contributed by atoms with Gasteiger partial charge in [-0.2, -0.15) is 4.80 Å². The smallest absolute Gasteiger partial charge is 0.247 e. The zero-order valence-electron chi connectivity index (χ0n) is 21.2. The van der Waals surface area contributed by atoms with Gasteiger partial charge in [-0.3, -0.25) is 9.59 Å². The van der Waals surface area contributed by atoms with Crippen molar-refractivity contribution in [3.63, 3.8) is 0 Å². The summed E-state index contributed by atoms with van der Waals surface area (Å²) in [5.74, 6) is 0.173. The minimum atomic E-state index is -0.795. The van der Waals surface area contributed by atoms with E-state index in [1.165, 1.54) is 4.80 Å². The predicted octanol–water partition coefficient (Wildman–Crippen LogP) is 3.93. The average molecular weight is 503 g/mol. The van der Waals surface area contributed by atoms with Gasteiger partial charge in [0.05, 0.1) is 0 Å². The normalized spacial score (nSPS) is 17.1. The van der Waals surface area contributed by atoms with E-state index in [1.807, 2.05) is 31.2 Å². The van der Waals surface area contributed by atoms with Gasteiger partial charge in [0.25, 0.3) is 0 Å². The fourth-order valence-corrected chi connectivity index (χ4v) is 5.52. The van der Waals surface area contributed by atoms with E-state index in [1.54, 1.807) is 29.2 Å². The molecule has 2 saturated carbocycles. The van der Waals surface area contributed by atoms with E-state index < -0.39 is 6.04 Å². The first-order valence-electron chi connectivity index (χ1n) is 13.2. The van der Waals surface area contributed by atoms with Gasteiger partial charge in [0.1, 0.15) is 18.3 Å². The molecule has 1 unspecified atom stereocenters. The average Bonchev–Trinajstić information content (AvgIpc) is 3.67. The third-order valence-corrected chi connectivity index (χ3v) is 7.48. The zero-order chi connectivity index (χ0) is 25.8. The Balaban J connectivity index is 1.43. The molecule has 1 heterocycles. The third-order valence-electron chi connectivity index (χ3n) is 7.48. The lowest BCUT2D eigenvalue weighted by Crippen LogP contribution is -2.50. The summed E-state index contributed by atoms with van der Waals surface area (Å²) < 4.78 is 0. The van der Waals surface area contributed by atoms with Gasteiger partial charge >= 0.3 is 0 Å². The standard InChI is InChI=1S/C28H34N6O3/c1-19-10-12-21(13-11-19)27-30-32-33(31-27)18-25(36)34(23-8-4-5-9-23)26(20-14-16-24(35)17-15-20)28(37)29-22-6-2-3-7-22/h10-17,22-23,26,35H,2-9,18H2,1H3,(H,29,37). The Kier molecular flexibility index (Phi) is 7.48. The SMILES string of the molecule is Cc1ccc(-c2nnn(CC(=O)N(C3CCCC3)C(C(=O)NC3CCCC3)c3ccc(O)cc3)n2)cc1. The minimum absolute atomic E-state index is 0.0549. The van der Waals surface area contributed by atoms with E-state index in [-0.39, 0.29) is 36.2 Å². The van der Waals surface area contributed by atoms with Crippen molar-refractivity contribution in [1.29, 1.82) is 0 Å². The molecule has 3 aromatic rings. The van der Waals surface area contributed by atoms with E-state index in [9.17, 15) is 14.7 Å². The second-order valence-electron chi connectivity index (χ2n) is 10.2. The number of tetrazole rings is 1. The molecular weight excluding hydrogens is 468 g/mol. The molecule has 0 spiro atoms. The van der Waals surface area contributed by atoms with Crippen LogP contribution < -0.4 is 5.32 Å². The van der Waals surface area contributed by atoms with Crippen LogP contribution in [0.1, 0.15) is 68.5 Å². The Labute approximate surface area is 216 Å². The zero-order valence-corrected chi connectivity index (χ0v) is 21.2. The van der Waals surface area contributed by atoms with Gasteiger partial charge in [-0.05, 0) is 55.5 Å². The number of phenols is 1. The first-order valence-corrected chi connectivity index (χ1v) is 13.2. The summed E-state index contributed by atoms with van der Waals surface area (Å²) >= 11 is 0. The fraction of sp³-hybridized carbons (Fsp3) is 0.464. The molecule has 1 aromatic heterocycles. The second-order valence-corrected chi connectivity index (χ2v) is 10.2. The van der Waals surface area contributed by atoms with Gasteiger partial charge in [-0.15, -0.1) is 10.2 Å². The summed E-state index contributed by atoms with van der Waals surface area (Å²) in [7, 11) is 0. The molecule has 2 aromatic carbocycles. The first kappa shape index (κ1) is 24.9. The van der Waals surface area contributed by atoms with Crippen molar-refractivity contribution in [2.75, 3.05) is 0 Å². The molecule has 1 atom stereocenters. The van der Waals surface area contributed by atoms with Gasteiger partial charge in [0.2, 0.25) is 17.6 Å². The molecule has 37 heavy (non-hydrogen) atoms.